The van der Waals surface area contributed by atoms with Crippen molar-refractivity contribution in [2.45, 2.75) is 13.3 Å². The molecule has 1 saturated heterocycles. The zero-order valence-electron chi connectivity index (χ0n) is 15.3. The molecule has 1 fully saturated rings. The number of nitrogens with zero attached hydrogens (tertiary/aromatic N) is 2. The van der Waals surface area contributed by atoms with Crippen molar-refractivity contribution in [2.75, 3.05) is 33.3 Å². The van der Waals surface area contributed by atoms with E-state index in [0.717, 1.165) is 11.1 Å². The predicted molar refractivity (Wildman–Crippen MR) is 100 cm³/mol. The van der Waals surface area contributed by atoms with Gasteiger partial charge in [-0.1, -0.05) is 30.3 Å². The monoisotopic (exact) mass is 352 g/mol. The number of rotatable bonds is 4. The molecule has 0 atom stereocenters. The van der Waals surface area contributed by atoms with Crippen LogP contribution in [0.1, 0.15) is 21.5 Å². The van der Waals surface area contributed by atoms with Crippen molar-refractivity contribution >= 4 is 11.8 Å². The Morgan fingerprint density at radius 2 is 1.65 bits per heavy atom. The Morgan fingerprint density at radius 1 is 0.962 bits per heavy atom. The fourth-order valence-electron chi connectivity index (χ4n) is 3.18. The van der Waals surface area contributed by atoms with Crippen molar-refractivity contribution in [2.24, 2.45) is 0 Å². The topological polar surface area (TPSA) is 49.9 Å². The molecule has 2 amide bonds. The largest absolute Gasteiger partial charge is 0.497 e. The Hall–Kier alpha value is -2.82. The summed E-state index contributed by atoms with van der Waals surface area (Å²) in [6.07, 6.45) is 0.413. The number of piperazine rings is 1. The van der Waals surface area contributed by atoms with Gasteiger partial charge in [-0.2, -0.15) is 0 Å². The van der Waals surface area contributed by atoms with E-state index in [1.165, 1.54) is 0 Å². The summed E-state index contributed by atoms with van der Waals surface area (Å²) in [5.41, 5.74) is 2.81. The predicted octanol–water partition coefficient (Wildman–Crippen LogP) is 2.53. The number of hydrogen-bond donors (Lipinski definition) is 0. The van der Waals surface area contributed by atoms with E-state index in [4.69, 9.17) is 4.74 Å². The van der Waals surface area contributed by atoms with Crippen molar-refractivity contribution in [3.63, 3.8) is 0 Å². The summed E-state index contributed by atoms with van der Waals surface area (Å²) in [5, 5.41) is 0. The van der Waals surface area contributed by atoms with Crippen LogP contribution in [0, 0.1) is 6.92 Å². The maximum absolute atomic E-state index is 12.6. The van der Waals surface area contributed by atoms with E-state index in [-0.39, 0.29) is 11.8 Å². The van der Waals surface area contributed by atoms with E-state index in [1.54, 1.807) is 24.1 Å². The van der Waals surface area contributed by atoms with Crippen molar-refractivity contribution in [1.29, 1.82) is 0 Å². The number of hydrogen-bond acceptors (Lipinski definition) is 3. The molecule has 5 nitrogen and oxygen atoms in total. The Morgan fingerprint density at radius 3 is 2.35 bits per heavy atom. The summed E-state index contributed by atoms with van der Waals surface area (Å²) in [4.78, 5) is 28.8. The van der Waals surface area contributed by atoms with Crippen LogP contribution >= 0.6 is 0 Å². The van der Waals surface area contributed by atoms with Gasteiger partial charge in [0, 0.05) is 31.7 Å². The SMILES string of the molecule is COc1cccc(C(=O)N2CCN(C(=O)Cc3ccccc3C)CC2)c1. The Labute approximate surface area is 154 Å². The summed E-state index contributed by atoms with van der Waals surface area (Å²) >= 11 is 0. The van der Waals surface area contributed by atoms with Gasteiger partial charge >= 0.3 is 0 Å². The quantitative estimate of drug-likeness (QED) is 0.850. The average Bonchev–Trinajstić information content (AvgIpc) is 2.69. The van der Waals surface area contributed by atoms with Gasteiger partial charge in [0.2, 0.25) is 5.91 Å². The van der Waals surface area contributed by atoms with Gasteiger partial charge < -0.3 is 14.5 Å². The minimum absolute atomic E-state index is 0.0186. The lowest BCUT2D eigenvalue weighted by Crippen LogP contribution is -2.51. The molecule has 0 aliphatic carbocycles. The van der Waals surface area contributed by atoms with Crippen molar-refractivity contribution < 1.29 is 14.3 Å². The summed E-state index contributed by atoms with van der Waals surface area (Å²) in [6.45, 7) is 4.26. The normalized spacial score (nSPS) is 14.2. The molecule has 0 aromatic heterocycles. The molecule has 1 aliphatic heterocycles. The molecule has 0 N–H and O–H groups in total. The van der Waals surface area contributed by atoms with Gasteiger partial charge in [-0.25, -0.2) is 0 Å². The Bertz CT molecular complexity index is 795. The maximum atomic E-state index is 12.6. The third kappa shape index (κ3) is 4.04. The number of methoxy groups -OCH3 is 1. The molecule has 1 heterocycles. The number of carbonyl (C=O) groups is 2. The second-order valence-corrected chi connectivity index (χ2v) is 6.51. The van der Waals surface area contributed by atoms with Crippen LogP contribution in [-0.2, 0) is 11.2 Å². The van der Waals surface area contributed by atoms with Gasteiger partial charge in [-0.05, 0) is 36.2 Å². The van der Waals surface area contributed by atoms with E-state index < -0.39 is 0 Å². The fraction of sp³-hybridized carbons (Fsp3) is 0.333. The Kier molecular flexibility index (Phi) is 5.56. The molecule has 5 heteroatoms. The average molecular weight is 352 g/mol. The smallest absolute Gasteiger partial charge is 0.254 e. The molecule has 0 unspecified atom stereocenters. The van der Waals surface area contributed by atoms with Gasteiger partial charge in [0.25, 0.3) is 5.91 Å². The van der Waals surface area contributed by atoms with Crippen molar-refractivity contribution in [3.05, 3.63) is 65.2 Å². The second kappa shape index (κ2) is 8.04. The van der Waals surface area contributed by atoms with Crippen LogP contribution in [-0.4, -0.2) is 54.9 Å². The van der Waals surface area contributed by atoms with Crippen LogP contribution in [0.3, 0.4) is 0 Å². The zero-order chi connectivity index (χ0) is 18.5. The van der Waals surface area contributed by atoms with Crippen LogP contribution in [0.2, 0.25) is 0 Å². The van der Waals surface area contributed by atoms with Crippen LogP contribution in [0.4, 0.5) is 0 Å². The minimum atomic E-state index is -0.0186. The van der Waals surface area contributed by atoms with E-state index in [9.17, 15) is 9.59 Å². The Balaban J connectivity index is 1.57. The first-order valence-electron chi connectivity index (χ1n) is 8.84. The van der Waals surface area contributed by atoms with E-state index in [1.807, 2.05) is 48.2 Å². The molecule has 0 saturated carbocycles. The standard InChI is InChI=1S/C21H24N2O3/c1-16-6-3-4-7-17(16)15-20(24)22-10-12-23(13-11-22)21(25)18-8-5-9-19(14-18)26-2/h3-9,14H,10-13,15H2,1-2H3. The summed E-state index contributed by atoms with van der Waals surface area (Å²) in [6, 6.07) is 15.1. The fourth-order valence-corrected chi connectivity index (χ4v) is 3.18. The van der Waals surface area contributed by atoms with Crippen LogP contribution in [0.5, 0.6) is 5.75 Å². The number of aryl methyl sites for hydroxylation is 1. The van der Waals surface area contributed by atoms with Crippen LogP contribution < -0.4 is 4.74 Å². The molecular weight excluding hydrogens is 328 g/mol. The second-order valence-electron chi connectivity index (χ2n) is 6.51. The molecular formula is C21H24N2O3. The first-order chi connectivity index (χ1) is 12.6. The van der Waals surface area contributed by atoms with Gasteiger partial charge in [-0.3, -0.25) is 9.59 Å². The molecule has 3 rings (SSSR count). The molecule has 0 spiro atoms. The van der Waals surface area contributed by atoms with E-state index >= 15 is 0 Å². The minimum Gasteiger partial charge on any atom is -0.497 e. The molecule has 1 aliphatic rings. The van der Waals surface area contributed by atoms with Gasteiger partial charge in [0.15, 0.2) is 0 Å². The highest BCUT2D eigenvalue weighted by Crippen LogP contribution is 2.16. The highest BCUT2D eigenvalue weighted by molar-refractivity contribution is 5.94. The maximum Gasteiger partial charge on any atom is 0.254 e. The van der Waals surface area contributed by atoms with Gasteiger partial charge in [0.05, 0.1) is 13.5 Å². The lowest BCUT2D eigenvalue weighted by molar-refractivity contribution is -0.131. The molecule has 0 bridgehead atoms. The van der Waals surface area contributed by atoms with Gasteiger partial charge in [-0.15, -0.1) is 0 Å². The number of amides is 2. The lowest BCUT2D eigenvalue weighted by Gasteiger charge is -2.35. The summed E-state index contributed by atoms with van der Waals surface area (Å²) in [7, 11) is 1.59. The molecule has 26 heavy (non-hydrogen) atoms. The molecule has 2 aromatic rings. The van der Waals surface area contributed by atoms with Crippen LogP contribution in [0.15, 0.2) is 48.5 Å². The zero-order valence-corrected chi connectivity index (χ0v) is 15.3. The third-order valence-corrected chi connectivity index (χ3v) is 4.84. The molecule has 0 radical (unpaired) electrons. The third-order valence-electron chi connectivity index (χ3n) is 4.84. The van der Waals surface area contributed by atoms with Crippen LogP contribution in [0.25, 0.3) is 0 Å². The van der Waals surface area contributed by atoms with Crippen molar-refractivity contribution in [3.8, 4) is 5.75 Å². The first kappa shape index (κ1) is 18.0. The molecule has 2 aromatic carbocycles. The highest BCUT2D eigenvalue weighted by atomic mass is 16.5. The first-order valence-corrected chi connectivity index (χ1v) is 8.84. The summed E-state index contributed by atoms with van der Waals surface area (Å²) < 4.78 is 5.18. The lowest BCUT2D eigenvalue weighted by atomic mass is 10.1. The number of carbonyl (C=O) groups excluding carboxylic acids is 2. The van der Waals surface area contributed by atoms with Gasteiger partial charge in [0.1, 0.15) is 5.75 Å². The molecule has 136 valence electrons. The summed E-state index contributed by atoms with van der Waals surface area (Å²) in [5.74, 6) is 0.769. The number of benzene rings is 2. The van der Waals surface area contributed by atoms with E-state index in [2.05, 4.69) is 0 Å². The van der Waals surface area contributed by atoms with E-state index in [0.29, 0.717) is 43.9 Å². The highest BCUT2D eigenvalue weighted by Gasteiger charge is 2.25. The number of ether oxygens (including phenoxy) is 1. The van der Waals surface area contributed by atoms with Crippen molar-refractivity contribution in [1.82, 2.24) is 9.80 Å².